The van der Waals surface area contributed by atoms with E-state index in [1.54, 1.807) is 6.08 Å². The van der Waals surface area contributed by atoms with Crippen LogP contribution in [0.3, 0.4) is 0 Å². The van der Waals surface area contributed by atoms with E-state index in [0.29, 0.717) is 24.2 Å². The van der Waals surface area contributed by atoms with E-state index in [4.69, 9.17) is 4.74 Å². The molecule has 1 fully saturated rings. The number of benzene rings is 1. The van der Waals surface area contributed by atoms with Crippen LogP contribution in [0.2, 0.25) is 0 Å². The number of nitrogens with zero attached hydrogens (tertiary/aromatic N) is 1. The molecule has 1 N–H and O–H groups in total. The number of rotatable bonds is 7. The summed E-state index contributed by atoms with van der Waals surface area (Å²) in [6.07, 6.45) is 2.34. The van der Waals surface area contributed by atoms with E-state index in [-0.39, 0.29) is 23.8 Å². The lowest BCUT2D eigenvalue weighted by molar-refractivity contribution is -0.384. The summed E-state index contributed by atoms with van der Waals surface area (Å²) < 4.78 is 28.1. The molecule has 0 aromatic heterocycles. The summed E-state index contributed by atoms with van der Waals surface area (Å²) in [4.78, 5) is 22.2. The number of non-ortho nitro benzene ring substituents is 1. The highest BCUT2D eigenvalue weighted by Gasteiger charge is 2.28. The normalized spacial score (nSPS) is 18.8. The molecule has 0 spiro atoms. The molecule has 130 valence electrons. The first-order valence-electron chi connectivity index (χ1n) is 7.31. The van der Waals surface area contributed by atoms with E-state index in [1.807, 2.05) is 0 Å². The van der Waals surface area contributed by atoms with Gasteiger partial charge in [0.2, 0.25) is 0 Å². The lowest BCUT2D eigenvalue weighted by atomic mass is 10.1. The number of nitro groups is 1. The Labute approximate surface area is 139 Å². The Kier molecular flexibility index (Phi) is 5.55. The molecule has 1 saturated heterocycles. The average Bonchev–Trinajstić information content (AvgIpc) is 2.84. The first-order chi connectivity index (χ1) is 11.3. The van der Waals surface area contributed by atoms with Crippen molar-refractivity contribution in [3.63, 3.8) is 0 Å². The van der Waals surface area contributed by atoms with Crippen LogP contribution in [0.4, 0.5) is 5.69 Å². The number of allylic oxidation sites excluding steroid dienone is 1. The van der Waals surface area contributed by atoms with Crippen molar-refractivity contribution in [2.24, 2.45) is 0 Å². The minimum atomic E-state index is -3.07. The van der Waals surface area contributed by atoms with Crippen LogP contribution in [0.1, 0.15) is 12.0 Å². The second-order valence-corrected chi connectivity index (χ2v) is 7.73. The number of ether oxygens (including phenoxy) is 1. The number of nitro benzene ring substituents is 1. The van der Waals surface area contributed by atoms with Gasteiger partial charge < -0.3 is 10.1 Å². The number of hydrogen-bond donors (Lipinski definition) is 1. The maximum absolute atomic E-state index is 11.9. The van der Waals surface area contributed by atoms with Crippen molar-refractivity contribution in [2.45, 2.75) is 18.9 Å². The molecule has 0 bridgehead atoms. The summed E-state index contributed by atoms with van der Waals surface area (Å²) in [7, 11) is -3.07. The predicted molar refractivity (Wildman–Crippen MR) is 87.7 cm³/mol. The third-order valence-corrected chi connectivity index (χ3v) is 5.34. The van der Waals surface area contributed by atoms with Crippen LogP contribution in [0.5, 0.6) is 5.75 Å². The molecule has 0 aliphatic carbocycles. The minimum absolute atomic E-state index is 0.0576. The van der Waals surface area contributed by atoms with Gasteiger partial charge in [-0.1, -0.05) is 6.08 Å². The molecule has 1 amide bonds. The van der Waals surface area contributed by atoms with E-state index in [0.717, 1.165) is 0 Å². The zero-order valence-corrected chi connectivity index (χ0v) is 13.8. The van der Waals surface area contributed by atoms with Crippen LogP contribution in [0, 0.1) is 10.1 Å². The summed E-state index contributed by atoms with van der Waals surface area (Å²) in [6.45, 7) is 3.29. The van der Waals surface area contributed by atoms with E-state index in [1.165, 1.54) is 18.2 Å². The van der Waals surface area contributed by atoms with Gasteiger partial charge in [-0.15, -0.1) is 6.58 Å². The maximum Gasteiger partial charge on any atom is 0.269 e. The van der Waals surface area contributed by atoms with Gasteiger partial charge in [0.05, 0.1) is 16.4 Å². The molecule has 1 aromatic rings. The highest BCUT2D eigenvalue weighted by molar-refractivity contribution is 7.91. The Bertz CT molecular complexity index is 759. The molecule has 0 radical (unpaired) electrons. The van der Waals surface area contributed by atoms with Crippen molar-refractivity contribution in [3.05, 3.63) is 46.5 Å². The van der Waals surface area contributed by atoms with Crippen molar-refractivity contribution >= 4 is 21.4 Å². The quantitative estimate of drug-likeness (QED) is 0.444. The lowest BCUT2D eigenvalue weighted by Crippen LogP contribution is -2.38. The Morgan fingerprint density at radius 3 is 2.83 bits per heavy atom. The van der Waals surface area contributed by atoms with Gasteiger partial charge in [0.25, 0.3) is 11.6 Å². The summed E-state index contributed by atoms with van der Waals surface area (Å²) in [5.41, 5.74) is 0.482. The van der Waals surface area contributed by atoms with Crippen LogP contribution in [0.15, 0.2) is 30.9 Å². The number of nitrogens with one attached hydrogen (secondary N) is 1. The van der Waals surface area contributed by atoms with Gasteiger partial charge in [-0.25, -0.2) is 8.42 Å². The lowest BCUT2D eigenvalue weighted by Gasteiger charge is -2.13. The zero-order valence-electron chi connectivity index (χ0n) is 12.9. The van der Waals surface area contributed by atoms with Crippen molar-refractivity contribution in [1.29, 1.82) is 0 Å². The average molecular weight is 354 g/mol. The molecule has 1 aromatic carbocycles. The molecule has 1 aliphatic rings. The molecule has 8 nitrogen and oxygen atoms in total. The van der Waals surface area contributed by atoms with Crippen LogP contribution < -0.4 is 10.1 Å². The monoisotopic (exact) mass is 354 g/mol. The molecule has 9 heteroatoms. The molecular formula is C15H18N2O6S. The standard InChI is InChI=1S/C15H18N2O6S/c1-2-3-11-8-13(17(19)20)4-5-14(11)23-9-15(18)16-12-6-7-24(21,22)10-12/h2,4-5,8,12H,1,3,6-7,9-10H2,(H,16,18)/t12-/m1/s1. The first kappa shape index (κ1) is 17.9. The van der Waals surface area contributed by atoms with E-state index < -0.39 is 26.7 Å². The SMILES string of the molecule is C=CCc1cc([N+](=O)[O-])ccc1OCC(=O)N[C@@H]1CCS(=O)(=O)C1. The summed E-state index contributed by atoms with van der Waals surface area (Å²) in [6, 6.07) is 3.71. The largest absolute Gasteiger partial charge is 0.483 e. The van der Waals surface area contributed by atoms with E-state index in [9.17, 15) is 23.3 Å². The van der Waals surface area contributed by atoms with Gasteiger partial charge in [0.1, 0.15) is 5.75 Å². The Hall–Kier alpha value is -2.42. The van der Waals surface area contributed by atoms with Crippen molar-refractivity contribution in [2.75, 3.05) is 18.1 Å². The first-order valence-corrected chi connectivity index (χ1v) is 9.13. The van der Waals surface area contributed by atoms with Crippen LogP contribution in [-0.2, 0) is 21.1 Å². The minimum Gasteiger partial charge on any atom is -0.483 e. The van der Waals surface area contributed by atoms with E-state index >= 15 is 0 Å². The topological polar surface area (TPSA) is 116 Å². The van der Waals surface area contributed by atoms with Gasteiger partial charge in [0, 0.05) is 23.7 Å². The Balaban J connectivity index is 1.96. The molecule has 0 saturated carbocycles. The fourth-order valence-electron chi connectivity index (χ4n) is 2.46. The highest BCUT2D eigenvalue weighted by Crippen LogP contribution is 2.25. The van der Waals surface area contributed by atoms with Gasteiger partial charge in [0.15, 0.2) is 16.4 Å². The third-order valence-electron chi connectivity index (χ3n) is 3.58. The van der Waals surface area contributed by atoms with Crippen LogP contribution >= 0.6 is 0 Å². The second kappa shape index (κ2) is 7.43. The zero-order chi connectivity index (χ0) is 17.7. The van der Waals surface area contributed by atoms with Crippen LogP contribution in [0.25, 0.3) is 0 Å². The highest BCUT2D eigenvalue weighted by atomic mass is 32.2. The molecule has 24 heavy (non-hydrogen) atoms. The van der Waals surface area contributed by atoms with Crippen molar-refractivity contribution in [3.8, 4) is 5.75 Å². The number of hydrogen-bond acceptors (Lipinski definition) is 6. The third kappa shape index (κ3) is 4.79. The maximum atomic E-state index is 11.9. The summed E-state index contributed by atoms with van der Waals surface area (Å²) in [5.74, 6) is -0.0579. The molecule has 0 unspecified atom stereocenters. The van der Waals surface area contributed by atoms with Crippen molar-refractivity contribution < 1.29 is 22.9 Å². The number of carbonyl (C=O) groups excluding carboxylic acids is 1. The van der Waals surface area contributed by atoms with Gasteiger partial charge >= 0.3 is 0 Å². The fourth-order valence-corrected chi connectivity index (χ4v) is 4.13. The Morgan fingerprint density at radius 1 is 1.50 bits per heavy atom. The summed E-state index contributed by atoms with van der Waals surface area (Å²) >= 11 is 0. The molecule has 1 aliphatic heterocycles. The molecule has 1 atom stereocenters. The smallest absolute Gasteiger partial charge is 0.269 e. The number of amides is 1. The van der Waals surface area contributed by atoms with Crippen molar-refractivity contribution in [1.82, 2.24) is 5.32 Å². The summed E-state index contributed by atoms with van der Waals surface area (Å²) in [5, 5.41) is 13.4. The second-order valence-electron chi connectivity index (χ2n) is 5.50. The fraction of sp³-hybridized carbons (Fsp3) is 0.400. The molecular weight excluding hydrogens is 336 g/mol. The number of sulfone groups is 1. The van der Waals surface area contributed by atoms with Crippen LogP contribution in [-0.4, -0.2) is 43.4 Å². The van der Waals surface area contributed by atoms with E-state index in [2.05, 4.69) is 11.9 Å². The van der Waals surface area contributed by atoms with Gasteiger partial charge in [-0.2, -0.15) is 0 Å². The van der Waals surface area contributed by atoms with Gasteiger partial charge in [-0.3, -0.25) is 14.9 Å². The molecule has 1 heterocycles. The Morgan fingerprint density at radius 2 is 2.25 bits per heavy atom. The van der Waals surface area contributed by atoms with Gasteiger partial charge in [-0.05, 0) is 18.9 Å². The number of carbonyl (C=O) groups is 1. The predicted octanol–water partition coefficient (Wildman–Crippen LogP) is 1.01. The molecule has 2 rings (SSSR count).